The third kappa shape index (κ3) is 5.59. The van der Waals surface area contributed by atoms with Crippen molar-refractivity contribution < 1.29 is 19.1 Å². The Morgan fingerprint density at radius 1 is 1.30 bits per heavy atom. The molecular weight excluding hydrogens is 298 g/mol. The normalized spacial score (nSPS) is 16.1. The first-order chi connectivity index (χ1) is 10.9. The van der Waals surface area contributed by atoms with Gasteiger partial charge in [-0.3, -0.25) is 10.3 Å². The largest absolute Gasteiger partial charge is 0.474 e. The maximum atomic E-state index is 12.0. The van der Waals surface area contributed by atoms with Crippen molar-refractivity contribution in [2.45, 2.75) is 45.3 Å². The van der Waals surface area contributed by atoms with Crippen molar-refractivity contribution in [2.75, 3.05) is 25.7 Å². The molecule has 1 aromatic heterocycles. The van der Waals surface area contributed by atoms with Crippen LogP contribution in [0.2, 0.25) is 0 Å². The molecule has 0 bridgehead atoms. The van der Waals surface area contributed by atoms with Gasteiger partial charge in [0, 0.05) is 32.0 Å². The molecule has 128 valence electrons. The number of piperidine rings is 1. The number of hydrogen-bond acceptors (Lipinski definition) is 6. The summed E-state index contributed by atoms with van der Waals surface area (Å²) in [6, 6.07) is 3.63. The quantitative estimate of drug-likeness (QED) is 0.859. The highest BCUT2D eigenvalue weighted by Crippen LogP contribution is 2.20. The van der Waals surface area contributed by atoms with E-state index < -0.39 is 5.60 Å². The summed E-state index contributed by atoms with van der Waals surface area (Å²) in [6.45, 7) is 6.86. The number of carbonyl (C=O) groups is 1. The number of nitrogens with one attached hydrogen (secondary N) is 1. The van der Waals surface area contributed by atoms with Gasteiger partial charge in [-0.15, -0.1) is 0 Å². The van der Waals surface area contributed by atoms with Gasteiger partial charge < -0.3 is 14.4 Å². The third-order valence-corrected chi connectivity index (χ3v) is 3.34. The average Bonchev–Trinajstić information content (AvgIpc) is 2.48. The molecule has 0 saturated carbocycles. The highest BCUT2D eigenvalue weighted by Gasteiger charge is 2.27. The van der Waals surface area contributed by atoms with Crippen LogP contribution in [0.1, 0.15) is 33.6 Å². The standard InChI is InChI=1S/C16H25N3O4/c1-16(2,3)23-15(20)19-9-7-13(8-10-19)22-14-6-5-12(11-17-14)18-21-4/h5-6,11,13,18H,7-10H2,1-4H3. The van der Waals surface area contributed by atoms with Gasteiger partial charge in [0.2, 0.25) is 5.88 Å². The Labute approximate surface area is 136 Å². The van der Waals surface area contributed by atoms with Crippen molar-refractivity contribution in [3.05, 3.63) is 18.3 Å². The zero-order valence-corrected chi connectivity index (χ0v) is 14.2. The minimum Gasteiger partial charge on any atom is -0.474 e. The topological polar surface area (TPSA) is 72.9 Å². The summed E-state index contributed by atoms with van der Waals surface area (Å²) >= 11 is 0. The Balaban J connectivity index is 1.79. The zero-order chi connectivity index (χ0) is 16.9. The number of anilines is 1. The number of pyridine rings is 1. The molecule has 1 aliphatic heterocycles. The summed E-state index contributed by atoms with van der Waals surface area (Å²) in [6.07, 6.45) is 2.97. The van der Waals surface area contributed by atoms with Crippen LogP contribution in [0, 0.1) is 0 Å². The minimum absolute atomic E-state index is 0.0578. The van der Waals surface area contributed by atoms with Gasteiger partial charge in [-0.2, -0.15) is 0 Å². The monoisotopic (exact) mass is 323 g/mol. The molecule has 0 radical (unpaired) electrons. The molecule has 7 nitrogen and oxygen atoms in total. The summed E-state index contributed by atoms with van der Waals surface area (Å²) in [5.74, 6) is 0.572. The molecule has 23 heavy (non-hydrogen) atoms. The van der Waals surface area contributed by atoms with Crippen molar-refractivity contribution in [2.24, 2.45) is 0 Å². The van der Waals surface area contributed by atoms with E-state index in [9.17, 15) is 4.79 Å². The first-order valence-electron chi connectivity index (χ1n) is 7.77. The van der Waals surface area contributed by atoms with Gasteiger partial charge in [0.05, 0.1) is 19.0 Å². The van der Waals surface area contributed by atoms with Gasteiger partial charge in [0.15, 0.2) is 0 Å². The highest BCUT2D eigenvalue weighted by molar-refractivity contribution is 5.68. The smallest absolute Gasteiger partial charge is 0.410 e. The van der Waals surface area contributed by atoms with Crippen LogP contribution >= 0.6 is 0 Å². The first-order valence-corrected chi connectivity index (χ1v) is 7.77. The molecule has 1 aromatic rings. The Kier molecular flexibility index (Phi) is 5.65. The lowest BCUT2D eigenvalue weighted by atomic mass is 10.1. The molecule has 0 aliphatic carbocycles. The summed E-state index contributed by atoms with van der Waals surface area (Å²) in [5.41, 5.74) is 3.00. The molecule has 1 fully saturated rings. The summed E-state index contributed by atoms with van der Waals surface area (Å²) in [7, 11) is 1.54. The molecule has 1 aliphatic rings. The van der Waals surface area contributed by atoms with Gasteiger partial charge in [-0.1, -0.05) is 0 Å². The van der Waals surface area contributed by atoms with E-state index >= 15 is 0 Å². The summed E-state index contributed by atoms with van der Waals surface area (Å²) < 4.78 is 11.2. The third-order valence-electron chi connectivity index (χ3n) is 3.34. The predicted molar refractivity (Wildman–Crippen MR) is 86.3 cm³/mol. The zero-order valence-electron chi connectivity index (χ0n) is 14.2. The molecule has 1 saturated heterocycles. The van der Waals surface area contributed by atoms with Crippen molar-refractivity contribution in [1.82, 2.24) is 9.88 Å². The SMILES string of the molecule is CONc1ccc(OC2CCN(C(=O)OC(C)(C)C)CC2)nc1. The number of nitrogens with zero attached hydrogens (tertiary/aromatic N) is 2. The molecule has 2 heterocycles. The number of amides is 1. The van der Waals surface area contributed by atoms with Crippen molar-refractivity contribution >= 4 is 11.8 Å². The molecule has 2 rings (SSSR count). The molecule has 1 amide bonds. The van der Waals surface area contributed by atoms with E-state index in [1.54, 1.807) is 24.3 Å². The lowest BCUT2D eigenvalue weighted by Gasteiger charge is -2.33. The lowest BCUT2D eigenvalue weighted by Crippen LogP contribution is -2.44. The molecule has 7 heteroatoms. The fourth-order valence-corrected chi connectivity index (χ4v) is 2.28. The van der Waals surface area contributed by atoms with Gasteiger partial charge >= 0.3 is 6.09 Å². The number of likely N-dealkylation sites (tertiary alicyclic amines) is 1. The minimum atomic E-state index is -0.466. The van der Waals surface area contributed by atoms with Gasteiger partial charge in [-0.05, 0) is 26.8 Å². The molecule has 0 atom stereocenters. The van der Waals surface area contributed by atoms with Gasteiger partial charge in [0.25, 0.3) is 0 Å². The van der Waals surface area contributed by atoms with E-state index in [0.717, 1.165) is 18.5 Å². The van der Waals surface area contributed by atoms with E-state index in [-0.39, 0.29) is 12.2 Å². The molecule has 1 N–H and O–H groups in total. The van der Waals surface area contributed by atoms with Crippen LogP contribution in [-0.2, 0) is 9.57 Å². The highest BCUT2D eigenvalue weighted by atomic mass is 16.6. The predicted octanol–water partition coefficient (Wildman–Crippen LogP) is 2.83. The van der Waals surface area contributed by atoms with Crippen LogP contribution in [0.15, 0.2) is 18.3 Å². The maximum Gasteiger partial charge on any atom is 0.410 e. The van der Waals surface area contributed by atoms with Crippen LogP contribution in [-0.4, -0.2) is 47.9 Å². The second-order valence-corrected chi connectivity index (χ2v) is 6.48. The van der Waals surface area contributed by atoms with Crippen LogP contribution in [0.25, 0.3) is 0 Å². The van der Waals surface area contributed by atoms with E-state index in [1.807, 2.05) is 26.8 Å². The van der Waals surface area contributed by atoms with E-state index in [4.69, 9.17) is 14.3 Å². The van der Waals surface area contributed by atoms with Crippen molar-refractivity contribution in [3.63, 3.8) is 0 Å². The molecule has 0 aromatic carbocycles. The number of aromatic nitrogens is 1. The van der Waals surface area contributed by atoms with Gasteiger partial charge in [-0.25, -0.2) is 9.78 Å². The average molecular weight is 323 g/mol. The first kappa shape index (κ1) is 17.3. The fraction of sp³-hybridized carbons (Fsp3) is 0.625. The van der Waals surface area contributed by atoms with Gasteiger partial charge in [0.1, 0.15) is 11.7 Å². The van der Waals surface area contributed by atoms with Crippen molar-refractivity contribution in [3.8, 4) is 5.88 Å². The molecule has 0 unspecified atom stereocenters. The van der Waals surface area contributed by atoms with Crippen LogP contribution in [0.3, 0.4) is 0 Å². The Morgan fingerprint density at radius 3 is 2.52 bits per heavy atom. The van der Waals surface area contributed by atoms with E-state index in [0.29, 0.717) is 19.0 Å². The second-order valence-electron chi connectivity index (χ2n) is 6.48. The van der Waals surface area contributed by atoms with Crippen molar-refractivity contribution in [1.29, 1.82) is 0 Å². The Morgan fingerprint density at radius 2 is 2.00 bits per heavy atom. The van der Waals surface area contributed by atoms with E-state index in [1.165, 1.54) is 0 Å². The van der Waals surface area contributed by atoms with Crippen LogP contribution < -0.4 is 10.2 Å². The Bertz CT molecular complexity index is 505. The second kappa shape index (κ2) is 7.50. The van der Waals surface area contributed by atoms with E-state index in [2.05, 4.69) is 10.5 Å². The summed E-state index contributed by atoms with van der Waals surface area (Å²) in [5, 5.41) is 0. The number of ether oxygens (including phenoxy) is 2. The number of hydrogen-bond donors (Lipinski definition) is 1. The Hall–Kier alpha value is -2.02. The lowest BCUT2D eigenvalue weighted by molar-refractivity contribution is 0.0123. The van der Waals surface area contributed by atoms with Crippen LogP contribution in [0.5, 0.6) is 5.88 Å². The molecule has 0 spiro atoms. The fourth-order valence-electron chi connectivity index (χ4n) is 2.28. The number of rotatable bonds is 4. The maximum absolute atomic E-state index is 12.0. The number of carbonyl (C=O) groups excluding carboxylic acids is 1. The molecular formula is C16H25N3O4. The van der Waals surface area contributed by atoms with Crippen LogP contribution in [0.4, 0.5) is 10.5 Å². The summed E-state index contributed by atoms with van der Waals surface area (Å²) in [4.78, 5) is 22.8.